The monoisotopic (exact) mass is 363 g/mol. The van der Waals surface area contributed by atoms with Crippen LogP contribution in [0.4, 0.5) is 5.95 Å². The second-order valence-corrected chi connectivity index (χ2v) is 7.15. The summed E-state index contributed by atoms with van der Waals surface area (Å²) in [7, 11) is 0. The van der Waals surface area contributed by atoms with Crippen LogP contribution in [0.3, 0.4) is 0 Å². The standard InChI is InChI=1S/C19H21N7O/c1-12-3-4-15(13(2)22-12)16-5-7-20-19(23-16)25-8-6-18-17(10-25)26-14(11-27-18)9-21-24-26/h3-5,7,9,17-18H,6,8,10-11H2,1-2H3. The van der Waals surface area contributed by atoms with E-state index in [1.165, 1.54) is 0 Å². The molecule has 5 heterocycles. The molecule has 0 radical (unpaired) electrons. The molecule has 2 unspecified atom stereocenters. The number of hydrogen-bond donors (Lipinski definition) is 0. The van der Waals surface area contributed by atoms with Crippen molar-refractivity contribution in [3.05, 3.63) is 47.7 Å². The Bertz CT molecular complexity index is 986. The van der Waals surface area contributed by atoms with E-state index in [0.717, 1.165) is 53.8 Å². The van der Waals surface area contributed by atoms with Gasteiger partial charge in [-0.05, 0) is 38.5 Å². The van der Waals surface area contributed by atoms with Crippen molar-refractivity contribution < 1.29 is 4.74 Å². The lowest BCUT2D eigenvalue weighted by molar-refractivity contribution is -0.0374. The Morgan fingerprint density at radius 1 is 1.15 bits per heavy atom. The molecule has 1 fully saturated rings. The maximum absolute atomic E-state index is 5.99. The van der Waals surface area contributed by atoms with E-state index >= 15 is 0 Å². The van der Waals surface area contributed by atoms with Crippen LogP contribution >= 0.6 is 0 Å². The van der Waals surface area contributed by atoms with E-state index in [4.69, 9.17) is 9.72 Å². The quantitative estimate of drug-likeness (QED) is 0.689. The van der Waals surface area contributed by atoms with Crippen LogP contribution in [-0.4, -0.2) is 49.1 Å². The highest BCUT2D eigenvalue weighted by Gasteiger charge is 2.37. The van der Waals surface area contributed by atoms with Gasteiger partial charge in [-0.2, -0.15) is 0 Å². The number of pyridine rings is 1. The first-order valence-corrected chi connectivity index (χ1v) is 9.22. The molecule has 0 bridgehead atoms. The third kappa shape index (κ3) is 2.86. The Morgan fingerprint density at radius 2 is 2.07 bits per heavy atom. The Labute approximate surface area is 157 Å². The Hall–Kier alpha value is -2.87. The van der Waals surface area contributed by atoms with Crippen molar-refractivity contribution in [2.24, 2.45) is 0 Å². The minimum atomic E-state index is 0.139. The molecule has 27 heavy (non-hydrogen) atoms. The van der Waals surface area contributed by atoms with Gasteiger partial charge in [-0.15, -0.1) is 5.10 Å². The minimum absolute atomic E-state index is 0.139. The summed E-state index contributed by atoms with van der Waals surface area (Å²) in [5.74, 6) is 0.734. The average Bonchev–Trinajstić information content (AvgIpc) is 3.17. The first kappa shape index (κ1) is 16.3. The molecule has 0 saturated carbocycles. The van der Waals surface area contributed by atoms with Crippen LogP contribution in [0.15, 0.2) is 30.6 Å². The van der Waals surface area contributed by atoms with Crippen molar-refractivity contribution in [3.63, 3.8) is 0 Å². The summed E-state index contributed by atoms with van der Waals surface area (Å²) in [5, 5.41) is 8.30. The number of aromatic nitrogens is 6. The number of ether oxygens (including phenoxy) is 1. The van der Waals surface area contributed by atoms with Crippen molar-refractivity contribution >= 4 is 5.95 Å². The van der Waals surface area contributed by atoms with Gasteiger partial charge < -0.3 is 9.64 Å². The molecule has 3 aromatic rings. The predicted molar refractivity (Wildman–Crippen MR) is 99.2 cm³/mol. The maximum atomic E-state index is 5.99. The molecule has 2 aliphatic rings. The molecule has 8 nitrogen and oxygen atoms in total. The zero-order valence-electron chi connectivity index (χ0n) is 15.4. The number of anilines is 1. The van der Waals surface area contributed by atoms with E-state index < -0.39 is 0 Å². The normalized spacial score (nSPS) is 21.6. The molecule has 2 aliphatic heterocycles. The van der Waals surface area contributed by atoms with Crippen LogP contribution in [0.2, 0.25) is 0 Å². The van der Waals surface area contributed by atoms with Crippen molar-refractivity contribution in [2.45, 2.75) is 39.0 Å². The summed E-state index contributed by atoms with van der Waals surface area (Å²) in [4.78, 5) is 16.1. The largest absolute Gasteiger partial charge is 0.370 e. The van der Waals surface area contributed by atoms with Gasteiger partial charge in [0, 0.05) is 36.2 Å². The summed E-state index contributed by atoms with van der Waals surface area (Å²) in [6.45, 7) is 6.22. The number of aryl methyl sites for hydroxylation is 2. The number of fused-ring (bicyclic) bond motifs is 3. The third-order valence-corrected chi connectivity index (χ3v) is 5.36. The van der Waals surface area contributed by atoms with Crippen molar-refractivity contribution in [2.75, 3.05) is 18.0 Å². The highest BCUT2D eigenvalue weighted by Crippen LogP contribution is 2.32. The Kier molecular flexibility index (Phi) is 3.86. The zero-order valence-corrected chi connectivity index (χ0v) is 15.4. The first-order chi connectivity index (χ1) is 13.2. The van der Waals surface area contributed by atoms with Crippen molar-refractivity contribution in [1.82, 2.24) is 29.9 Å². The molecular formula is C19H21N7O. The third-order valence-electron chi connectivity index (χ3n) is 5.36. The Balaban J connectivity index is 1.44. The zero-order chi connectivity index (χ0) is 18.4. The van der Waals surface area contributed by atoms with Gasteiger partial charge in [0.2, 0.25) is 5.95 Å². The fourth-order valence-electron chi connectivity index (χ4n) is 3.97. The van der Waals surface area contributed by atoms with Gasteiger partial charge in [0.25, 0.3) is 0 Å². The van der Waals surface area contributed by atoms with Crippen LogP contribution in [0.5, 0.6) is 0 Å². The number of piperidine rings is 1. The van der Waals surface area contributed by atoms with E-state index in [0.29, 0.717) is 6.61 Å². The lowest BCUT2D eigenvalue weighted by Gasteiger charge is -2.41. The molecule has 138 valence electrons. The summed E-state index contributed by atoms with van der Waals surface area (Å²) in [5.41, 5.74) is 4.95. The second kappa shape index (κ2) is 6.38. The first-order valence-electron chi connectivity index (χ1n) is 9.22. The van der Waals surface area contributed by atoms with Crippen LogP contribution < -0.4 is 4.90 Å². The molecule has 0 aromatic carbocycles. The molecule has 8 heteroatoms. The molecular weight excluding hydrogens is 342 g/mol. The van der Waals surface area contributed by atoms with E-state index in [9.17, 15) is 0 Å². The number of hydrogen-bond acceptors (Lipinski definition) is 7. The summed E-state index contributed by atoms with van der Waals surface area (Å²) >= 11 is 0. The van der Waals surface area contributed by atoms with Gasteiger partial charge in [-0.3, -0.25) is 4.98 Å². The molecule has 1 saturated heterocycles. The van der Waals surface area contributed by atoms with Gasteiger partial charge in [-0.25, -0.2) is 14.6 Å². The fourth-order valence-corrected chi connectivity index (χ4v) is 3.97. The topological polar surface area (TPSA) is 81.9 Å². The van der Waals surface area contributed by atoms with Gasteiger partial charge in [0.15, 0.2) is 0 Å². The molecule has 3 aromatic heterocycles. The van der Waals surface area contributed by atoms with Crippen LogP contribution in [0, 0.1) is 13.8 Å². The van der Waals surface area contributed by atoms with E-state index in [-0.39, 0.29) is 12.1 Å². The van der Waals surface area contributed by atoms with Crippen LogP contribution in [-0.2, 0) is 11.3 Å². The lowest BCUT2D eigenvalue weighted by atomic mass is 10.0. The molecule has 0 spiro atoms. The van der Waals surface area contributed by atoms with Gasteiger partial charge in [0.1, 0.15) is 0 Å². The fraction of sp³-hybridized carbons (Fsp3) is 0.421. The average molecular weight is 363 g/mol. The maximum Gasteiger partial charge on any atom is 0.225 e. The van der Waals surface area contributed by atoms with Crippen molar-refractivity contribution in [1.29, 1.82) is 0 Å². The van der Waals surface area contributed by atoms with E-state index in [1.54, 1.807) is 6.20 Å². The lowest BCUT2D eigenvalue weighted by Crippen LogP contribution is -2.48. The molecule has 0 amide bonds. The summed E-state index contributed by atoms with van der Waals surface area (Å²) < 4.78 is 7.99. The van der Waals surface area contributed by atoms with Crippen LogP contribution in [0.1, 0.15) is 29.5 Å². The summed E-state index contributed by atoms with van der Waals surface area (Å²) in [6, 6.07) is 6.17. The van der Waals surface area contributed by atoms with Crippen LogP contribution in [0.25, 0.3) is 11.3 Å². The van der Waals surface area contributed by atoms with Gasteiger partial charge in [-0.1, -0.05) is 5.21 Å². The van der Waals surface area contributed by atoms with Gasteiger partial charge >= 0.3 is 0 Å². The van der Waals surface area contributed by atoms with E-state index in [1.807, 2.05) is 36.9 Å². The SMILES string of the molecule is Cc1ccc(-c2ccnc(N3CCC4OCc5cnnn5C4C3)n2)c(C)n1. The Morgan fingerprint density at radius 3 is 2.96 bits per heavy atom. The molecule has 5 rings (SSSR count). The van der Waals surface area contributed by atoms with E-state index in [2.05, 4.69) is 31.2 Å². The smallest absolute Gasteiger partial charge is 0.225 e. The summed E-state index contributed by atoms with van der Waals surface area (Å²) in [6.07, 6.45) is 4.69. The highest BCUT2D eigenvalue weighted by atomic mass is 16.5. The second-order valence-electron chi connectivity index (χ2n) is 7.15. The molecule has 0 aliphatic carbocycles. The minimum Gasteiger partial charge on any atom is -0.370 e. The van der Waals surface area contributed by atoms with Gasteiger partial charge in [0.05, 0.1) is 36.3 Å². The highest BCUT2D eigenvalue weighted by molar-refractivity contribution is 5.62. The van der Waals surface area contributed by atoms with Crippen molar-refractivity contribution in [3.8, 4) is 11.3 Å². The number of nitrogens with zero attached hydrogens (tertiary/aromatic N) is 7. The molecule has 2 atom stereocenters. The predicted octanol–water partition coefficient (Wildman–Crippen LogP) is 2.10. The molecule has 0 N–H and O–H groups in total. The number of rotatable bonds is 2.